The lowest BCUT2D eigenvalue weighted by Gasteiger charge is -2.04. The fourth-order valence-electron chi connectivity index (χ4n) is 0.465. The number of rotatable bonds is 6. The van der Waals surface area contributed by atoms with Gasteiger partial charge in [-0.15, -0.1) is 0 Å². The van der Waals surface area contributed by atoms with E-state index < -0.39 is 24.4 Å². The number of carbonyl (C=O) groups excluding carboxylic acids is 2. The van der Waals surface area contributed by atoms with E-state index >= 15 is 0 Å². The number of carboxylic acid groups (broad SMARTS) is 1. The van der Waals surface area contributed by atoms with Gasteiger partial charge in [-0.2, -0.15) is 0 Å². The lowest BCUT2D eigenvalue weighted by molar-refractivity contribution is -0.149. The van der Waals surface area contributed by atoms with E-state index in [-0.39, 0.29) is 13.1 Å². The van der Waals surface area contributed by atoms with Crippen molar-refractivity contribution >= 4 is 17.8 Å². The van der Waals surface area contributed by atoms with Gasteiger partial charge in [0.15, 0.2) is 6.61 Å². The van der Waals surface area contributed by atoms with Crippen LogP contribution in [0.15, 0.2) is 0 Å². The van der Waals surface area contributed by atoms with Crippen LogP contribution in [0, 0.1) is 0 Å². The summed E-state index contributed by atoms with van der Waals surface area (Å²) in [4.78, 5) is 35.5. The fourth-order valence-corrected chi connectivity index (χ4v) is 0.465. The van der Waals surface area contributed by atoms with Crippen LogP contribution in [-0.4, -0.2) is 42.6 Å². The van der Waals surface area contributed by atoms with Crippen LogP contribution in [0.4, 0.5) is 0 Å². The monoisotopic (exact) mass is 205 g/mol. The molecule has 0 bridgehead atoms. The van der Waals surface area contributed by atoms with Crippen LogP contribution in [0.3, 0.4) is 0 Å². The first-order chi connectivity index (χ1) is 6.56. The van der Waals surface area contributed by atoms with E-state index in [1.807, 2.05) is 5.48 Å². The molecule has 0 saturated carbocycles. The Hall–Kier alpha value is -1.67. The van der Waals surface area contributed by atoms with E-state index in [2.05, 4.69) is 10.2 Å². The zero-order valence-electron chi connectivity index (χ0n) is 7.28. The average molecular weight is 205 g/mol. The zero-order chi connectivity index (χ0) is 11.0. The van der Waals surface area contributed by atoms with E-state index in [0.717, 1.165) is 0 Å². The average Bonchev–Trinajstić information content (AvgIpc) is 2.13. The molecule has 8 heteroatoms. The van der Waals surface area contributed by atoms with E-state index in [0.29, 0.717) is 0 Å². The number of carbonyl (C=O) groups is 3. The third-order valence-corrected chi connectivity index (χ3v) is 1.01. The minimum atomic E-state index is -1.21. The summed E-state index contributed by atoms with van der Waals surface area (Å²) in [6, 6.07) is 0. The van der Waals surface area contributed by atoms with Gasteiger partial charge in [-0.05, 0) is 0 Å². The molecule has 80 valence electrons. The maximum atomic E-state index is 10.8. The summed E-state index contributed by atoms with van der Waals surface area (Å²) in [6.07, 6.45) is 0. The van der Waals surface area contributed by atoms with Crippen molar-refractivity contribution in [3.63, 3.8) is 0 Å². The normalized spacial score (nSPS) is 9.21. The standard InChI is InChI=1S/C6H11N3O5/c7-1-4(10)8-2-5(11)9-14-3-6(12)13/h1-3,7H2,(H,8,10)(H,9,11)(H,12,13). The van der Waals surface area contributed by atoms with Gasteiger partial charge < -0.3 is 16.2 Å². The van der Waals surface area contributed by atoms with E-state index in [1.54, 1.807) is 0 Å². The Morgan fingerprint density at radius 3 is 2.43 bits per heavy atom. The quantitative estimate of drug-likeness (QED) is 0.346. The number of amides is 2. The fraction of sp³-hybridized carbons (Fsp3) is 0.500. The SMILES string of the molecule is NCC(=O)NCC(=O)NOCC(=O)O. The van der Waals surface area contributed by atoms with Crippen LogP contribution in [0.25, 0.3) is 0 Å². The Morgan fingerprint density at radius 2 is 1.93 bits per heavy atom. The first-order valence-electron chi connectivity index (χ1n) is 3.65. The summed E-state index contributed by atoms with van der Waals surface area (Å²) >= 11 is 0. The van der Waals surface area contributed by atoms with Gasteiger partial charge >= 0.3 is 5.97 Å². The summed E-state index contributed by atoms with van der Waals surface area (Å²) < 4.78 is 0. The molecule has 0 aliphatic carbocycles. The number of carboxylic acids is 1. The largest absolute Gasteiger partial charge is 0.479 e. The lowest BCUT2D eigenvalue weighted by Crippen LogP contribution is -2.39. The Labute approximate surface area is 79.3 Å². The summed E-state index contributed by atoms with van der Waals surface area (Å²) in [5.74, 6) is -2.36. The molecule has 5 N–H and O–H groups in total. The summed E-state index contributed by atoms with van der Waals surface area (Å²) in [7, 11) is 0. The van der Waals surface area contributed by atoms with Gasteiger partial charge in [-0.1, -0.05) is 0 Å². The number of nitrogens with one attached hydrogen (secondary N) is 2. The van der Waals surface area contributed by atoms with Crippen molar-refractivity contribution in [1.82, 2.24) is 10.8 Å². The van der Waals surface area contributed by atoms with Gasteiger partial charge in [-0.3, -0.25) is 14.4 Å². The molecule has 0 aromatic heterocycles. The summed E-state index contributed by atoms with van der Waals surface area (Å²) in [5, 5.41) is 10.3. The van der Waals surface area contributed by atoms with Gasteiger partial charge in [0.1, 0.15) is 0 Å². The van der Waals surface area contributed by atoms with Gasteiger partial charge in [0, 0.05) is 0 Å². The van der Waals surface area contributed by atoms with Crippen LogP contribution in [0.2, 0.25) is 0 Å². The Morgan fingerprint density at radius 1 is 1.29 bits per heavy atom. The molecule has 0 heterocycles. The van der Waals surface area contributed by atoms with Gasteiger partial charge in [0.05, 0.1) is 13.1 Å². The molecule has 0 rings (SSSR count). The molecule has 14 heavy (non-hydrogen) atoms. The highest BCUT2D eigenvalue weighted by atomic mass is 16.7. The van der Waals surface area contributed by atoms with Crippen molar-refractivity contribution < 1.29 is 24.3 Å². The van der Waals surface area contributed by atoms with Crippen LogP contribution in [0.1, 0.15) is 0 Å². The highest BCUT2D eigenvalue weighted by Gasteiger charge is 2.04. The summed E-state index contributed by atoms with van der Waals surface area (Å²) in [6.45, 7) is -1.17. The Balaban J connectivity index is 3.46. The van der Waals surface area contributed by atoms with Crippen molar-refractivity contribution in [2.75, 3.05) is 19.7 Å². The number of hydrogen-bond acceptors (Lipinski definition) is 5. The zero-order valence-corrected chi connectivity index (χ0v) is 7.28. The van der Waals surface area contributed by atoms with Crippen molar-refractivity contribution in [2.45, 2.75) is 0 Å². The van der Waals surface area contributed by atoms with Crippen LogP contribution < -0.4 is 16.5 Å². The van der Waals surface area contributed by atoms with E-state index in [4.69, 9.17) is 10.8 Å². The van der Waals surface area contributed by atoms with Crippen molar-refractivity contribution in [3.05, 3.63) is 0 Å². The first kappa shape index (κ1) is 12.3. The van der Waals surface area contributed by atoms with E-state index in [1.165, 1.54) is 0 Å². The van der Waals surface area contributed by atoms with Crippen molar-refractivity contribution in [1.29, 1.82) is 0 Å². The van der Waals surface area contributed by atoms with Crippen LogP contribution in [0.5, 0.6) is 0 Å². The molecule has 8 nitrogen and oxygen atoms in total. The summed E-state index contributed by atoms with van der Waals surface area (Å²) in [5.41, 5.74) is 6.76. The lowest BCUT2D eigenvalue weighted by atomic mass is 10.5. The Bertz CT molecular complexity index is 230. The van der Waals surface area contributed by atoms with Gasteiger partial charge in [0.25, 0.3) is 5.91 Å². The minimum absolute atomic E-state index is 0.219. The molecule has 0 atom stereocenters. The molecule has 2 amide bonds. The smallest absolute Gasteiger partial charge is 0.332 e. The molecule has 0 aromatic rings. The second-order valence-corrected chi connectivity index (χ2v) is 2.19. The molecule has 0 aliphatic rings. The van der Waals surface area contributed by atoms with Crippen LogP contribution in [-0.2, 0) is 19.2 Å². The van der Waals surface area contributed by atoms with Gasteiger partial charge in [0.2, 0.25) is 5.91 Å². The second-order valence-electron chi connectivity index (χ2n) is 2.19. The molecule has 0 spiro atoms. The predicted molar refractivity (Wildman–Crippen MR) is 43.8 cm³/mol. The van der Waals surface area contributed by atoms with Crippen molar-refractivity contribution in [2.24, 2.45) is 5.73 Å². The third-order valence-electron chi connectivity index (χ3n) is 1.01. The topological polar surface area (TPSA) is 131 Å². The molecule has 0 radical (unpaired) electrons. The highest BCUT2D eigenvalue weighted by molar-refractivity contribution is 5.84. The maximum Gasteiger partial charge on any atom is 0.332 e. The minimum Gasteiger partial charge on any atom is -0.479 e. The van der Waals surface area contributed by atoms with Crippen molar-refractivity contribution in [3.8, 4) is 0 Å². The first-order valence-corrected chi connectivity index (χ1v) is 3.65. The number of hydroxylamine groups is 1. The molecular weight excluding hydrogens is 194 g/mol. The molecular formula is C6H11N3O5. The van der Waals surface area contributed by atoms with Crippen LogP contribution >= 0.6 is 0 Å². The number of aliphatic carboxylic acids is 1. The Kier molecular flexibility index (Phi) is 5.99. The third kappa shape index (κ3) is 7.00. The predicted octanol–water partition coefficient (Wildman–Crippen LogP) is -2.81. The van der Waals surface area contributed by atoms with E-state index in [9.17, 15) is 14.4 Å². The maximum absolute atomic E-state index is 10.8. The molecule has 0 aliphatic heterocycles. The number of nitrogens with two attached hydrogens (primary N) is 1. The molecule has 0 fully saturated rings. The second kappa shape index (κ2) is 6.80. The molecule has 0 aromatic carbocycles. The highest BCUT2D eigenvalue weighted by Crippen LogP contribution is 1.70. The van der Waals surface area contributed by atoms with Gasteiger partial charge in [-0.25, -0.2) is 10.3 Å². The molecule has 0 saturated heterocycles. The number of hydrogen-bond donors (Lipinski definition) is 4. The molecule has 0 unspecified atom stereocenters.